The molecule has 1 heterocycles. The zero-order valence-electron chi connectivity index (χ0n) is 12.3. The maximum Gasteiger partial charge on any atom is 0.222 e. The van der Waals surface area contributed by atoms with E-state index >= 15 is 0 Å². The van der Waals surface area contributed by atoms with Crippen molar-refractivity contribution in [2.45, 2.75) is 58.8 Å². The number of amides is 1. The maximum absolute atomic E-state index is 12.0. The first-order valence-corrected chi connectivity index (χ1v) is 7.78. The predicted molar refractivity (Wildman–Crippen MR) is 76.7 cm³/mol. The topological polar surface area (TPSA) is 23.6 Å². The molecule has 0 radical (unpaired) electrons. The minimum absolute atomic E-state index is 0.350. The summed E-state index contributed by atoms with van der Waals surface area (Å²) in [6, 6.07) is 0. The Morgan fingerprint density at radius 3 is 2.39 bits per heavy atom. The molecule has 0 aromatic carbocycles. The zero-order valence-corrected chi connectivity index (χ0v) is 12.3. The molecule has 0 spiro atoms. The molecule has 1 saturated heterocycles. The third-order valence-electron chi connectivity index (χ3n) is 3.73. The molecule has 0 aromatic heterocycles. The Hall–Kier alpha value is -0.570. The number of unbranched alkanes of at least 4 members (excludes halogenated alkanes) is 1. The summed E-state index contributed by atoms with van der Waals surface area (Å²) in [6.45, 7) is 9.67. The summed E-state index contributed by atoms with van der Waals surface area (Å²) in [4.78, 5) is 16.6. The summed E-state index contributed by atoms with van der Waals surface area (Å²) in [5.74, 6) is 0.350. The lowest BCUT2D eigenvalue weighted by atomic mass is 10.1. The summed E-state index contributed by atoms with van der Waals surface area (Å²) >= 11 is 0. The zero-order chi connectivity index (χ0) is 13.2. The van der Waals surface area contributed by atoms with Crippen LogP contribution in [0.25, 0.3) is 0 Å². The highest BCUT2D eigenvalue weighted by molar-refractivity contribution is 5.76. The lowest BCUT2D eigenvalue weighted by molar-refractivity contribution is -0.131. The first kappa shape index (κ1) is 15.5. The Morgan fingerprint density at radius 1 is 1.06 bits per heavy atom. The van der Waals surface area contributed by atoms with Crippen LogP contribution in [0.3, 0.4) is 0 Å². The van der Waals surface area contributed by atoms with Crippen LogP contribution in [0.15, 0.2) is 0 Å². The Bertz CT molecular complexity index is 225. The lowest BCUT2D eigenvalue weighted by Crippen LogP contribution is -2.40. The fourth-order valence-electron chi connectivity index (χ4n) is 2.53. The summed E-state index contributed by atoms with van der Waals surface area (Å²) in [5.41, 5.74) is 0. The van der Waals surface area contributed by atoms with Gasteiger partial charge in [0.05, 0.1) is 0 Å². The van der Waals surface area contributed by atoms with E-state index in [0.29, 0.717) is 12.3 Å². The SMILES string of the molecule is CCCCN(CCN1CCCCC1)C(=O)CCC. The molecule has 18 heavy (non-hydrogen) atoms. The highest BCUT2D eigenvalue weighted by Crippen LogP contribution is 2.09. The van der Waals surface area contributed by atoms with Crippen molar-refractivity contribution in [1.82, 2.24) is 9.80 Å². The van der Waals surface area contributed by atoms with E-state index < -0.39 is 0 Å². The normalized spacial score (nSPS) is 16.8. The van der Waals surface area contributed by atoms with Gasteiger partial charge in [0.15, 0.2) is 0 Å². The van der Waals surface area contributed by atoms with Crippen LogP contribution in [0.1, 0.15) is 58.8 Å². The maximum atomic E-state index is 12.0. The molecule has 0 aromatic rings. The van der Waals surface area contributed by atoms with E-state index in [-0.39, 0.29) is 0 Å². The average molecular weight is 254 g/mol. The molecule has 0 bridgehead atoms. The van der Waals surface area contributed by atoms with Crippen molar-refractivity contribution in [3.63, 3.8) is 0 Å². The monoisotopic (exact) mass is 254 g/mol. The van der Waals surface area contributed by atoms with Gasteiger partial charge < -0.3 is 9.80 Å². The van der Waals surface area contributed by atoms with Gasteiger partial charge in [-0.25, -0.2) is 0 Å². The van der Waals surface area contributed by atoms with E-state index in [1.54, 1.807) is 0 Å². The van der Waals surface area contributed by atoms with Gasteiger partial charge in [-0.05, 0) is 38.8 Å². The molecule has 1 aliphatic heterocycles. The molecule has 0 atom stereocenters. The van der Waals surface area contributed by atoms with Gasteiger partial charge in [-0.2, -0.15) is 0 Å². The molecule has 3 nitrogen and oxygen atoms in total. The molecule has 0 N–H and O–H groups in total. The van der Waals surface area contributed by atoms with Crippen molar-refractivity contribution in [1.29, 1.82) is 0 Å². The third kappa shape index (κ3) is 5.85. The van der Waals surface area contributed by atoms with E-state index in [1.165, 1.54) is 38.8 Å². The molecule has 1 aliphatic rings. The number of carbonyl (C=O) groups excluding carboxylic acids is 1. The molecule has 0 saturated carbocycles. The van der Waals surface area contributed by atoms with Crippen molar-refractivity contribution in [2.75, 3.05) is 32.7 Å². The standard InChI is InChI=1S/C15H30N2O/c1-3-5-12-17(15(18)9-4-2)14-13-16-10-7-6-8-11-16/h3-14H2,1-2H3. The van der Waals surface area contributed by atoms with Crippen LogP contribution in [0.2, 0.25) is 0 Å². The van der Waals surface area contributed by atoms with Gasteiger partial charge >= 0.3 is 0 Å². The van der Waals surface area contributed by atoms with Gasteiger partial charge in [0, 0.05) is 26.1 Å². The molecular weight excluding hydrogens is 224 g/mol. The fraction of sp³-hybridized carbons (Fsp3) is 0.933. The first-order chi connectivity index (χ1) is 8.77. The molecule has 0 aliphatic carbocycles. The summed E-state index contributed by atoms with van der Waals surface area (Å²) in [7, 11) is 0. The van der Waals surface area contributed by atoms with E-state index in [4.69, 9.17) is 0 Å². The Morgan fingerprint density at radius 2 is 1.78 bits per heavy atom. The van der Waals surface area contributed by atoms with Crippen LogP contribution < -0.4 is 0 Å². The number of hydrogen-bond acceptors (Lipinski definition) is 2. The predicted octanol–water partition coefficient (Wildman–Crippen LogP) is 2.90. The van der Waals surface area contributed by atoms with Crippen LogP contribution in [-0.2, 0) is 4.79 Å². The second kappa shape index (κ2) is 9.37. The molecule has 3 heteroatoms. The molecule has 106 valence electrons. The van der Waals surface area contributed by atoms with Gasteiger partial charge in [0.25, 0.3) is 0 Å². The second-order valence-corrected chi connectivity index (χ2v) is 5.39. The first-order valence-electron chi connectivity index (χ1n) is 7.78. The Labute approximate surface area is 113 Å². The molecule has 0 unspecified atom stereocenters. The quantitative estimate of drug-likeness (QED) is 0.665. The average Bonchev–Trinajstić information content (AvgIpc) is 2.40. The van der Waals surface area contributed by atoms with Crippen LogP contribution in [-0.4, -0.2) is 48.4 Å². The van der Waals surface area contributed by atoms with E-state index in [2.05, 4.69) is 23.6 Å². The number of carbonyl (C=O) groups is 1. The number of likely N-dealkylation sites (tertiary alicyclic amines) is 1. The van der Waals surface area contributed by atoms with Crippen molar-refractivity contribution in [3.05, 3.63) is 0 Å². The van der Waals surface area contributed by atoms with Crippen molar-refractivity contribution >= 4 is 5.91 Å². The van der Waals surface area contributed by atoms with Crippen LogP contribution in [0, 0.1) is 0 Å². The van der Waals surface area contributed by atoms with Gasteiger partial charge in [-0.15, -0.1) is 0 Å². The number of rotatable bonds is 8. The number of hydrogen-bond donors (Lipinski definition) is 0. The minimum atomic E-state index is 0.350. The van der Waals surface area contributed by atoms with Crippen LogP contribution in [0.4, 0.5) is 0 Å². The second-order valence-electron chi connectivity index (χ2n) is 5.39. The van der Waals surface area contributed by atoms with Crippen molar-refractivity contribution in [3.8, 4) is 0 Å². The molecule has 1 amide bonds. The van der Waals surface area contributed by atoms with Gasteiger partial charge in [0.2, 0.25) is 5.91 Å². The highest BCUT2D eigenvalue weighted by atomic mass is 16.2. The van der Waals surface area contributed by atoms with Crippen molar-refractivity contribution < 1.29 is 4.79 Å². The van der Waals surface area contributed by atoms with Crippen LogP contribution >= 0.6 is 0 Å². The molecule has 1 fully saturated rings. The van der Waals surface area contributed by atoms with Crippen molar-refractivity contribution in [2.24, 2.45) is 0 Å². The molecular formula is C15H30N2O. The number of piperidine rings is 1. The summed E-state index contributed by atoms with van der Waals surface area (Å²) < 4.78 is 0. The van der Waals surface area contributed by atoms with Gasteiger partial charge in [-0.1, -0.05) is 26.7 Å². The van der Waals surface area contributed by atoms with E-state index in [0.717, 1.165) is 32.5 Å². The van der Waals surface area contributed by atoms with E-state index in [1.807, 2.05) is 0 Å². The largest absolute Gasteiger partial charge is 0.341 e. The highest BCUT2D eigenvalue weighted by Gasteiger charge is 2.15. The van der Waals surface area contributed by atoms with Gasteiger partial charge in [-0.3, -0.25) is 4.79 Å². The summed E-state index contributed by atoms with van der Waals surface area (Å²) in [6.07, 6.45) is 8.02. The minimum Gasteiger partial charge on any atom is -0.341 e. The molecule has 1 rings (SSSR count). The third-order valence-corrected chi connectivity index (χ3v) is 3.73. The fourth-order valence-corrected chi connectivity index (χ4v) is 2.53. The van der Waals surface area contributed by atoms with Crippen LogP contribution in [0.5, 0.6) is 0 Å². The van der Waals surface area contributed by atoms with Gasteiger partial charge in [0.1, 0.15) is 0 Å². The smallest absolute Gasteiger partial charge is 0.222 e. The Balaban J connectivity index is 2.31. The summed E-state index contributed by atoms with van der Waals surface area (Å²) in [5, 5.41) is 0. The lowest BCUT2D eigenvalue weighted by Gasteiger charge is -2.30. The van der Waals surface area contributed by atoms with E-state index in [9.17, 15) is 4.79 Å². The number of nitrogens with zero attached hydrogens (tertiary/aromatic N) is 2. The Kier molecular flexibility index (Phi) is 8.06.